The molecule has 0 heterocycles. The lowest BCUT2D eigenvalue weighted by Crippen LogP contribution is -2.37. The van der Waals surface area contributed by atoms with E-state index in [9.17, 15) is 4.79 Å². The third kappa shape index (κ3) is 29.8. The molecule has 0 bridgehead atoms. The maximum absolute atomic E-state index is 13.4. The standard InChI is InChI=1S/C41H74N4O14/c1-34(2)9-10-43-39(46)35-29-36(56-27-25-53-23-21-51-19-17-49-15-13-47-7)38(37(30-35)57-28-26-54-24-22-52-20-18-50-16-14-48-8)58-31-40(3,4)32-59-41(5,6)33-55-12-11-44-45-42/h29-30,34H,9-28,31-33H2,1-8H3,(H,43,46). The van der Waals surface area contributed by atoms with Gasteiger partial charge in [0.05, 0.1) is 125 Å². The molecule has 18 heteroatoms. The second-order valence-electron chi connectivity index (χ2n) is 15.1. The highest BCUT2D eigenvalue weighted by Crippen LogP contribution is 2.40. The van der Waals surface area contributed by atoms with Gasteiger partial charge in [0.2, 0.25) is 5.75 Å². The Hall–Kier alpha value is -3.00. The van der Waals surface area contributed by atoms with Crippen LogP contribution >= 0.6 is 0 Å². The number of benzene rings is 1. The zero-order chi connectivity index (χ0) is 43.5. The van der Waals surface area contributed by atoms with Gasteiger partial charge in [-0.25, -0.2) is 0 Å². The zero-order valence-corrected chi connectivity index (χ0v) is 37.1. The van der Waals surface area contributed by atoms with Gasteiger partial charge in [-0.1, -0.05) is 32.8 Å². The zero-order valence-electron chi connectivity index (χ0n) is 37.1. The van der Waals surface area contributed by atoms with Crippen LogP contribution < -0.4 is 19.5 Å². The summed E-state index contributed by atoms with van der Waals surface area (Å²) in [6, 6.07) is 3.32. The van der Waals surface area contributed by atoms with Crippen molar-refractivity contribution >= 4 is 5.91 Å². The van der Waals surface area contributed by atoms with Crippen LogP contribution in [-0.4, -0.2) is 171 Å². The summed E-state index contributed by atoms with van der Waals surface area (Å²) >= 11 is 0. The number of rotatable bonds is 41. The van der Waals surface area contributed by atoms with Crippen LogP contribution in [0.4, 0.5) is 0 Å². The third-order valence-corrected chi connectivity index (χ3v) is 7.92. The second-order valence-corrected chi connectivity index (χ2v) is 15.1. The number of azide groups is 1. The van der Waals surface area contributed by atoms with Crippen molar-refractivity contribution in [1.82, 2.24) is 5.32 Å². The van der Waals surface area contributed by atoms with Gasteiger partial charge in [0.25, 0.3) is 5.91 Å². The number of methoxy groups -OCH3 is 2. The minimum Gasteiger partial charge on any atom is -0.487 e. The molecule has 0 aromatic heterocycles. The normalized spacial score (nSPS) is 11.8. The molecular formula is C41H74N4O14. The highest BCUT2D eigenvalue weighted by Gasteiger charge is 2.28. The van der Waals surface area contributed by atoms with E-state index < -0.39 is 11.0 Å². The Labute approximate surface area is 352 Å². The molecule has 18 nitrogen and oxygen atoms in total. The lowest BCUT2D eigenvalue weighted by Gasteiger charge is -2.32. The fourth-order valence-electron chi connectivity index (χ4n) is 4.64. The minimum absolute atomic E-state index is 0.176. The summed E-state index contributed by atoms with van der Waals surface area (Å²) in [4.78, 5) is 16.1. The smallest absolute Gasteiger partial charge is 0.251 e. The molecule has 0 radical (unpaired) electrons. The number of hydrogen-bond acceptors (Lipinski definition) is 15. The van der Waals surface area contributed by atoms with Crippen LogP contribution in [0.5, 0.6) is 17.2 Å². The molecule has 59 heavy (non-hydrogen) atoms. The first-order chi connectivity index (χ1) is 28.4. The highest BCUT2D eigenvalue weighted by atomic mass is 16.6. The first-order valence-electron chi connectivity index (χ1n) is 20.5. The summed E-state index contributed by atoms with van der Waals surface area (Å²) in [6.45, 7) is 20.5. The minimum atomic E-state index is -0.605. The molecule has 0 atom stereocenters. The number of amides is 1. The fourth-order valence-corrected chi connectivity index (χ4v) is 4.64. The average Bonchev–Trinajstić information content (AvgIpc) is 3.20. The Morgan fingerprint density at radius 2 is 1.10 bits per heavy atom. The van der Waals surface area contributed by atoms with Gasteiger partial charge >= 0.3 is 0 Å². The summed E-state index contributed by atoms with van der Waals surface area (Å²) in [5, 5.41) is 6.50. The van der Waals surface area contributed by atoms with Gasteiger partial charge in [-0.3, -0.25) is 4.79 Å². The van der Waals surface area contributed by atoms with E-state index in [4.69, 9.17) is 67.1 Å². The van der Waals surface area contributed by atoms with Crippen LogP contribution in [0.2, 0.25) is 0 Å². The van der Waals surface area contributed by atoms with Crippen LogP contribution in [0.15, 0.2) is 17.2 Å². The summed E-state index contributed by atoms with van der Waals surface area (Å²) in [5.41, 5.74) is 7.78. The molecule has 0 aliphatic rings. The second kappa shape index (κ2) is 34.7. The van der Waals surface area contributed by atoms with E-state index in [-0.39, 0.29) is 45.5 Å². The van der Waals surface area contributed by atoms with E-state index in [1.807, 2.05) is 27.7 Å². The average molecular weight is 847 g/mol. The first kappa shape index (κ1) is 54.0. The molecule has 0 saturated carbocycles. The van der Waals surface area contributed by atoms with E-state index in [1.54, 1.807) is 26.4 Å². The number of ether oxygens (including phenoxy) is 13. The topological polar surface area (TPSA) is 198 Å². The van der Waals surface area contributed by atoms with Crippen LogP contribution in [0, 0.1) is 11.3 Å². The van der Waals surface area contributed by atoms with Crippen molar-refractivity contribution in [2.45, 2.75) is 53.6 Å². The van der Waals surface area contributed by atoms with Crippen LogP contribution in [0.3, 0.4) is 0 Å². The quantitative estimate of drug-likeness (QED) is 0.0394. The van der Waals surface area contributed by atoms with E-state index in [0.717, 1.165) is 6.42 Å². The monoisotopic (exact) mass is 847 g/mol. The molecule has 342 valence electrons. The van der Waals surface area contributed by atoms with E-state index in [2.05, 4.69) is 29.2 Å². The summed E-state index contributed by atoms with van der Waals surface area (Å²) < 4.78 is 74.2. The number of carbonyl (C=O) groups is 1. The Morgan fingerprint density at radius 3 is 1.54 bits per heavy atom. The van der Waals surface area contributed by atoms with Gasteiger partial charge < -0.3 is 66.9 Å². The van der Waals surface area contributed by atoms with Gasteiger partial charge in [0, 0.05) is 43.2 Å². The van der Waals surface area contributed by atoms with Crippen molar-refractivity contribution in [3.05, 3.63) is 28.1 Å². The van der Waals surface area contributed by atoms with Crippen LogP contribution in [-0.2, 0) is 47.4 Å². The highest BCUT2D eigenvalue weighted by molar-refractivity contribution is 5.95. The van der Waals surface area contributed by atoms with E-state index in [1.165, 1.54) is 0 Å². The summed E-state index contributed by atoms with van der Waals surface area (Å²) in [6.07, 6.45) is 0.833. The lowest BCUT2D eigenvalue weighted by atomic mass is 9.95. The SMILES string of the molecule is COCCOCCOCCOCCOc1cc(C(=O)NCCC(C)C)cc(OCCOCCOCCOCCOC)c1OCC(C)(C)COC(C)(C)COCCN=[N+]=[N-]. The van der Waals surface area contributed by atoms with Crippen molar-refractivity contribution in [3.8, 4) is 17.2 Å². The molecule has 1 N–H and O–H groups in total. The van der Waals surface area contributed by atoms with Crippen molar-refractivity contribution in [3.63, 3.8) is 0 Å². The predicted octanol–water partition coefficient (Wildman–Crippen LogP) is 5.14. The Kier molecular flexibility index (Phi) is 31.8. The van der Waals surface area contributed by atoms with Crippen molar-refractivity contribution in [2.75, 3.05) is 159 Å². The van der Waals surface area contributed by atoms with Crippen LogP contribution in [0.25, 0.3) is 10.4 Å². The largest absolute Gasteiger partial charge is 0.487 e. The van der Waals surface area contributed by atoms with Gasteiger partial charge in [-0.15, -0.1) is 0 Å². The molecular weight excluding hydrogens is 772 g/mol. The van der Waals surface area contributed by atoms with Gasteiger partial charge in [-0.05, 0) is 43.9 Å². The molecule has 0 unspecified atom stereocenters. The predicted molar refractivity (Wildman–Crippen MR) is 222 cm³/mol. The molecule has 1 rings (SSSR count). The van der Waals surface area contributed by atoms with Gasteiger partial charge in [0.15, 0.2) is 11.5 Å². The number of nitrogens with zero attached hydrogens (tertiary/aromatic N) is 3. The number of hydrogen-bond donors (Lipinski definition) is 1. The molecule has 0 spiro atoms. The van der Waals surface area contributed by atoms with E-state index in [0.29, 0.717) is 134 Å². The third-order valence-electron chi connectivity index (χ3n) is 7.92. The van der Waals surface area contributed by atoms with E-state index >= 15 is 0 Å². The lowest BCUT2D eigenvalue weighted by molar-refractivity contribution is -0.102. The Balaban J connectivity index is 3.05. The maximum atomic E-state index is 13.4. The molecule has 0 fully saturated rings. The molecule has 0 saturated heterocycles. The maximum Gasteiger partial charge on any atom is 0.251 e. The van der Waals surface area contributed by atoms with Crippen molar-refractivity contribution < 1.29 is 66.4 Å². The Morgan fingerprint density at radius 1 is 0.644 bits per heavy atom. The van der Waals surface area contributed by atoms with Crippen LogP contribution in [0.1, 0.15) is 58.3 Å². The molecule has 1 aromatic carbocycles. The first-order valence-corrected chi connectivity index (χ1v) is 20.5. The molecule has 1 aromatic rings. The number of nitrogens with one attached hydrogen (secondary N) is 1. The number of carbonyl (C=O) groups excluding carboxylic acids is 1. The molecule has 0 aliphatic heterocycles. The summed E-state index contributed by atoms with van der Waals surface area (Å²) in [5.74, 6) is 1.17. The van der Waals surface area contributed by atoms with Gasteiger partial charge in [-0.2, -0.15) is 0 Å². The van der Waals surface area contributed by atoms with Crippen molar-refractivity contribution in [1.29, 1.82) is 0 Å². The summed E-state index contributed by atoms with van der Waals surface area (Å²) in [7, 11) is 3.26. The Bertz CT molecular complexity index is 1200. The molecule has 0 aliphatic carbocycles. The van der Waals surface area contributed by atoms with Gasteiger partial charge in [0.1, 0.15) is 13.2 Å². The molecule has 1 amide bonds. The van der Waals surface area contributed by atoms with Crippen molar-refractivity contribution in [2.24, 2.45) is 16.4 Å². The fraction of sp³-hybridized carbons (Fsp3) is 0.829.